The Labute approximate surface area is 94.2 Å². The van der Waals surface area contributed by atoms with Crippen LogP contribution in [-0.2, 0) is 13.5 Å². The first kappa shape index (κ1) is 11.1. The number of aryl methyl sites for hydroxylation is 2. The van der Waals surface area contributed by atoms with Crippen LogP contribution in [0.1, 0.15) is 24.4 Å². The number of aromatic nitrogens is 2. The lowest BCUT2D eigenvalue weighted by atomic mass is 10.1. The fourth-order valence-corrected chi connectivity index (χ4v) is 1.97. The standard InChI is InChI=1S/C12H16N2O2/c1-3-11-13-12-8(10(16)7-15)5-4-6-9(12)14(11)2/h4-6,10,15-16H,3,7H2,1-2H3/t10-/m1/s1. The summed E-state index contributed by atoms with van der Waals surface area (Å²) >= 11 is 0. The van der Waals surface area contributed by atoms with Crippen molar-refractivity contribution in [2.24, 2.45) is 7.05 Å². The van der Waals surface area contributed by atoms with Crippen LogP contribution in [0.3, 0.4) is 0 Å². The molecule has 2 aromatic rings. The number of imidazole rings is 1. The molecular formula is C12H16N2O2. The second-order valence-electron chi connectivity index (χ2n) is 3.85. The minimum absolute atomic E-state index is 0.281. The molecule has 1 aromatic carbocycles. The maximum absolute atomic E-state index is 9.70. The van der Waals surface area contributed by atoms with E-state index in [2.05, 4.69) is 4.98 Å². The van der Waals surface area contributed by atoms with E-state index in [0.29, 0.717) is 5.56 Å². The van der Waals surface area contributed by atoms with Crippen molar-refractivity contribution in [1.82, 2.24) is 9.55 Å². The van der Waals surface area contributed by atoms with Crippen LogP contribution in [0.2, 0.25) is 0 Å². The van der Waals surface area contributed by atoms with Crippen molar-refractivity contribution in [3.63, 3.8) is 0 Å². The maximum Gasteiger partial charge on any atom is 0.109 e. The Balaban J connectivity index is 2.68. The van der Waals surface area contributed by atoms with Crippen LogP contribution in [0.5, 0.6) is 0 Å². The van der Waals surface area contributed by atoms with E-state index in [1.807, 2.05) is 30.7 Å². The number of benzene rings is 1. The van der Waals surface area contributed by atoms with E-state index < -0.39 is 6.10 Å². The van der Waals surface area contributed by atoms with Gasteiger partial charge in [0.15, 0.2) is 0 Å². The van der Waals surface area contributed by atoms with E-state index in [1.165, 1.54) is 0 Å². The summed E-state index contributed by atoms with van der Waals surface area (Å²) in [4.78, 5) is 4.49. The molecule has 86 valence electrons. The Morgan fingerprint density at radius 1 is 1.44 bits per heavy atom. The number of aliphatic hydroxyl groups excluding tert-OH is 2. The van der Waals surface area contributed by atoms with E-state index in [9.17, 15) is 5.11 Å². The average Bonchev–Trinajstić information content (AvgIpc) is 2.65. The van der Waals surface area contributed by atoms with E-state index in [-0.39, 0.29) is 6.61 Å². The first-order valence-electron chi connectivity index (χ1n) is 5.42. The lowest BCUT2D eigenvalue weighted by Gasteiger charge is -2.07. The van der Waals surface area contributed by atoms with Gasteiger partial charge in [-0.1, -0.05) is 19.1 Å². The Morgan fingerprint density at radius 3 is 2.81 bits per heavy atom. The minimum Gasteiger partial charge on any atom is -0.393 e. The van der Waals surface area contributed by atoms with Gasteiger partial charge in [-0.15, -0.1) is 0 Å². The van der Waals surface area contributed by atoms with Gasteiger partial charge in [-0.25, -0.2) is 4.98 Å². The summed E-state index contributed by atoms with van der Waals surface area (Å²) in [5.74, 6) is 0.979. The molecule has 4 heteroatoms. The first-order valence-corrected chi connectivity index (χ1v) is 5.42. The number of fused-ring (bicyclic) bond motifs is 1. The molecule has 2 N–H and O–H groups in total. The fourth-order valence-electron chi connectivity index (χ4n) is 1.97. The largest absolute Gasteiger partial charge is 0.393 e. The molecular weight excluding hydrogens is 204 g/mol. The van der Waals surface area contributed by atoms with Crippen molar-refractivity contribution in [3.05, 3.63) is 29.6 Å². The van der Waals surface area contributed by atoms with Gasteiger partial charge in [0.1, 0.15) is 11.9 Å². The van der Waals surface area contributed by atoms with Gasteiger partial charge < -0.3 is 14.8 Å². The highest BCUT2D eigenvalue weighted by atomic mass is 16.3. The summed E-state index contributed by atoms with van der Waals surface area (Å²) in [7, 11) is 1.96. The van der Waals surface area contributed by atoms with Gasteiger partial charge in [0.2, 0.25) is 0 Å². The summed E-state index contributed by atoms with van der Waals surface area (Å²) in [6.45, 7) is 1.76. The van der Waals surface area contributed by atoms with Gasteiger partial charge in [0.25, 0.3) is 0 Å². The van der Waals surface area contributed by atoms with E-state index in [1.54, 1.807) is 6.07 Å². The van der Waals surface area contributed by atoms with Crippen molar-refractivity contribution in [2.75, 3.05) is 6.61 Å². The van der Waals surface area contributed by atoms with Crippen molar-refractivity contribution < 1.29 is 10.2 Å². The molecule has 1 atom stereocenters. The zero-order valence-corrected chi connectivity index (χ0v) is 9.51. The highest BCUT2D eigenvalue weighted by Gasteiger charge is 2.14. The van der Waals surface area contributed by atoms with E-state index in [0.717, 1.165) is 23.3 Å². The van der Waals surface area contributed by atoms with Gasteiger partial charge in [-0.2, -0.15) is 0 Å². The van der Waals surface area contributed by atoms with Gasteiger partial charge in [-0.3, -0.25) is 0 Å². The van der Waals surface area contributed by atoms with Crippen LogP contribution in [-0.4, -0.2) is 26.4 Å². The first-order chi connectivity index (χ1) is 7.69. The molecule has 0 spiro atoms. The Bertz CT molecular complexity index is 505. The van der Waals surface area contributed by atoms with Crippen LogP contribution in [0, 0.1) is 0 Å². The summed E-state index contributed by atoms with van der Waals surface area (Å²) in [5, 5.41) is 18.7. The second kappa shape index (κ2) is 4.23. The summed E-state index contributed by atoms with van der Waals surface area (Å²) in [6, 6.07) is 5.64. The van der Waals surface area contributed by atoms with Crippen molar-refractivity contribution in [1.29, 1.82) is 0 Å². The number of para-hydroxylation sites is 1. The quantitative estimate of drug-likeness (QED) is 0.816. The minimum atomic E-state index is -0.858. The van der Waals surface area contributed by atoms with Gasteiger partial charge in [-0.05, 0) is 6.07 Å². The zero-order chi connectivity index (χ0) is 11.7. The third kappa shape index (κ3) is 1.60. The molecule has 0 aliphatic rings. The van der Waals surface area contributed by atoms with E-state index >= 15 is 0 Å². The molecule has 0 unspecified atom stereocenters. The molecule has 0 fully saturated rings. The SMILES string of the molecule is CCc1nc2c([C@H](O)CO)cccc2n1C. The molecule has 0 aliphatic carbocycles. The van der Waals surface area contributed by atoms with Crippen molar-refractivity contribution in [3.8, 4) is 0 Å². The van der Waals surface area contributed by atoms with E-state index in [4.69, 9.17) is 5.11 Å². The van der Waals surface area contributed by atoms with Crippen LogP contribution in [0.15, 0.2) is 18.2 Å². The van der Waals surface area contributed by atoms with Crippen LogP contribution in [0.25, 0.3) is 11.0 Å². The fraction of sp³-hybridized carbons (Fsp3) is 0.417. The molecule has 2 rings (SSSR count). The lowest BCUT2D eigenvalue weighted by molar-refractivity contribution is 0.0966. The number of hydrogen-bond donors (Lipinski definition) is 2. The maximum atomic E-state index is 9.70. The predicted molar refractivity (Wildman–Crippen MR) is 62.1 cm³/mol. The molecule has 16 heavy (non-hydrogen) atoms. The lowest BCUT2D eigenvalue weighted by Crippen LogP contribution is -2.03. The molecule has 0 radical (unpaired) electrons. The topological polar surface area (TPSA) is 58.3 Å². The van der Waals surface area contributed by atoms with Crippen LogP contribution >= 0.6 is 0 Å². The number of rotatable bonds is 3. The molecule has 0 aliphatic heterocycles. The highest BCUT2D eigenvalue weighted by molar-refractivity contribution is 5.80. The molecule has 1 heterocycles. The zero-order valence-electron chi connectivity index (χ0n) is 9.51. The van der Waals surface area contributed by atoms with Crippen LogP contribution in [0.4, 0.5) is 0 Å². The predicted octanol–water partition coefficient (Wildman–Crippen LogP) is 1.16. The molecule has 1 aromatic heterocycles. The summed E-state index contributed by atoms with van der Waals surface area (Å²) in [5.41, 5.74) is 2.46. The van der Waals surface area contributed by atoms with Crippen molar-refractivity contribution >= 4 is 11.0 Å². The Hall–Kier alpha value is -1.39. The van der Waals surface area contributed by atoms with Crippen LogP contribution < -0.4 is 0 Å². The highest BCUT2D eigenvalue weighted by Crippen LogP contribution is 2.24. The number of hydrogen-bond acceptors (Lipinski definition) is 3. The molecule has 0 bridgehead atoms. The average molecular weight is 220 g/mol. The molecule has 4 nitrogen and oxygen atoms in total. The van der Waals surface area contributed by atoms with Gasteiger partial charge in [0.05, 0.1) is 17.6 Å². The third-order valence-corrected chi connectivity index (χ3v) is 2.88. The van der Waals surface area contributed by atoms with Crippen molar-refractivity contribution in [2.45, 2.75) is 19.4 Å². The normalized spacial score (nSPS) is 13.2. The molecule has 0 saturated carbocycles. The summed E-state index contributed by atoms with van der Waals surface area (Å²) in [6.07, 6.45) is -0.0110. The monoisotopic (exact) mass is 220 g/mol. The number of aliphatic hydroxyl groups is 2. The number of nitrogens with zero attached hydrogens (tertiary/aromatic N) is 2. The summed E-state index contributed by atoms with van der Waals surface area (Å²) < 4.78 is 2.02. The third-order valence-electron chi connectivity index (χ3n) is 2.88. The molecule has 0 saturated heterocycles. The molecule has 0 amide bonds. The second-order valence-corrected chi connectivity index (χ2v) is 3.85. The van der Waals surface area contributed by atoms with Gasteiger partial charge >= 0.3 is 0 Å². The Morgan fingerprint density at radius 2 is 2.19 bits per heavy atom. The Kier molecular flexibility index (Phi) is 2.94. The van der Waals surface area contributed by atoms with Gasteiger partial charge in [0, 0.05) is 19.0 Å². The smallest absolute Gasteiger partial charge is 0.109 e.